The molecule has 0 amide bonds. The van der Waals surface area contributed by atoms with Gasteiger partial charge in [0.25, 0.3) is 10.0 Å². The van der Waals surface area contributed by atoms with Crippen LogP contribution >= 0.6 is 0 Å². The Bertz CT molecular complexity index is 884. The highest BCUT2D eigenvalue weighted by Crippen LogP contribution is 2.19. The molecule has 0 atom stereocenters. The molecular formula is C19H21NO4S. The number of rotatable bonds is 6. The van der Waals surface area contributed by atoms with Gasteiger partial charge in [0.2, 0.25) is 0 Å². The van der Waals surface area contributed by atoms with Crippen molar-refractivity contribution in [3.05, 3.63) is 65.2 Å². The van der Waals surface area contributed by atoms with Crippen molar-refractivity contribution in [1.29, 1.82) is 0 Å². The van der Waals surface area contributed by atoms with E-state index >= 15 is 0 Å². The molecule has 2 aromatic rings. The number of carbonyl (C=O) groups excluding carboxylic acids is 1. The van der Waals surface area contributed by atoms with Crippen molar-refractivity contribution in [3.8, 4) is 0 Å². The Morgan fingerprint density at radius 2 is 1.76 bits per heavy atom. The van der Waals surface area contributed by atoms with Crippen LogP contribution in [0.15, 0.2) is 53.4 Å². The van der Waals surface area contributed by atoms with Crippen molar-refractivity contribution < 1.29 is 17.9 Å². The van der Waals surface area contributed by atoms with E-state index in [2.05, 4.69) is 4.72 Å². The highest BCUT2D eigenvalue weighted by atomic mass is 32.2. The van der Waals surface area contributed by atoms with Crippen LogP contribution in [0.5, 0.6) is 0 Å². The molecule has 0 aliphatic rings. The molecule has 25 heavy (non-hydrogen) atoms. The molecule has 5 nitrogen and oxygen atoms in total. The average molecular weight is 359 g/mol. The van der Waals surface area contributed by atoms with Crippen LogP contribution in [0.1, 0.15) is 23.6 Å². The summed E-state index contributed by atoms with van der Waals surface area (Å²) >= 11 is 0. The summed E-state index contributed by atoms with van der Waals surface area (Å²) in [5, 5.41) is 0. The number of hydrogen-bond acceptors (Lipinski definition) is 4. The van der Waals surface area contributed by atoms with Crippen molar-refractivity contribution in [3.63, 3.8) is 0 Å². The van der Waals surface area contributed by atoms with Gasteiger partial charge in [-0.1, -0.05) is 18.2 Å². The van der Waals surface area contributed by atoms with Crippen LogP contribution in [-0.2, 0) is 19.6 Å². The Morgan fingerprint density at radius 1 is 1.08 bits per heavy atom. The maximum atomic E-state index is 12.5. The van der Waals surface area contributed by atoms with Gasteiger partial charge < -0.3 is 4.74 Å². The molecule has 0 fully saturated rings. The molecule has 0 spiro atoms. The predicted octanol–water partition coefficient (Wildman–Crippen LogP) is 3.68. The lowest BCUT2D eigenvalue weighted by Crippen LogP contribution is -2.13. The maximum absolute atomic E-state index is 12.5. The van der Waals surface area contributed by atoms with Gasteiger partial charge in [0, 0.05) is 11.8 Å². The van der Waals surface area contributed by atoms with Gasteiger partial charge in [-0.3, -0.25) is 4.72 Å². The average Bonchev–Trinajstić information content (AvgIpc) is 2.56. The summed E-state index contributed by atoms with van der Waals surface area (Å²) in [5.41, 5.74) is 3.17. The van der Waals surface area contributed by atoms with Gasteiger partial charge in [-0.15, -0.1) is 0 Å². The summed E-state index contributed by atoms with van der Waals surface area (Å²) < 4.78 is 32.3. The third kappa shape index (κ3) is 5.19. The number of anilines is 1. The summed E-state index contributed by atoms with van der Waals surface area (Å²) in [6.45, 7) is 5.87. The van der Waals surface area contributed by atoms with Crippen LogP contribution in [0.3, 0.4) is 0 Å². The van der Waals surface area contributed by atoms with Gasteiger partial charge >= 0.3 is 5.97 Å². The van der Waals surface area contributed by atoms with Crippen LogP contribution in [0.2, 0.25) is 0 Å². The fraction of sp³-hybridized carbons (Fsp3) is 0.211. The second kappa shape index (κ2) is 7.98. The van der Waals surface area contributed by atoms with E-state index in [-0.39, 0.29) is 4.90 Å². The molecule has 0 bridgehead atoms. The Morgan fingerprint density at radius 3 is 2.36 bits per heavy atom. The molecule has 2 rings (SSSR count). The van der Waals surface area contributed by atoms with Crippen LogP contribution in [0.25, 0.3) is 6.08 Å². The molecule has 0 aliphatic carbocycles. The van der Waals surface area contributed by atoms with Gasteiger partial charge in [-0.05, 0) is 67.8 Å². The van der Waals surface area contributed by atoms with Crippen LogP contribution in [-0.4, -0.2) is 21.0 Å². The molecule has 0 aliphatic heterocycles. The monoisotopic (exact) mass is 359 g/mol. The number of aryl methyl sites for hydroxylation is 2. The van der Waals surface area contributed by atoms with E-state index in [1.54, 1.807) is 55.5 Å². The minimum absolute atomic E-state index is 0.224. The summed E-state index contributed by atoms with van der Waals surface area (Å²) in [6.07, 6.45) is 2.94. The molecule has 0 saturated heterocycles. The minimum atomic E-state index is -3.64. The second-order valence-corrected chi connectivity index (χ2v) is 7.24. The summed E-state index contributed by atoms with van der Waals surface area (Å²) in [5.74, 6) is -0.415. The van der Waals surface area contributed by atoms with E-state index in [1.165, 1.54) is 6.08 Å². The van der Waals surface area contributed by atoms with Crippen LogP contribution < -0.4 is 4.72 Å². The summed E-state index contributed by atoms with van der Waals surface area (Å²) in [4.78, 5) is 11.5. The van der Waals surface area contributed by atoms with Gasteiger partial charge in [-0.25, -0.2) is 13.2 Å². The molecule has 0 heterocycles. The second-order valence-electron chi connectivity index (χ2n) is 5.56. The van der Waals surface area contributed by atoms with Gasteiger partial charge in [0.15, 0.2) is 0 Å². The molecule has 0 unspecified atom stereocenters. The lowest BCUT2D eigenvalue weighted by molar-refractivity contribution is -0.137. The summed E-state index contributed by atoms with van der Waals surface area (Å²) in [6, 6.07) is 11.7. The van der Waals surface area contributed by atoms with E-state index in [9.17, 15) is 13.2 Å². The quantitative estimate of drug-likeness (QED) is 0.631. The third-order valence-corrected chi connectivity index (χ3v) is 5.03. The van der Waals surface area contributed by atoms with Crippen molar-refractivity contribution in [2.45, 2.75) is 25.7 Å². The van der Waals surface area contributed by atoms with Gasteiger partial charge in [0.05, 0.1) is 11.5 Å². The molecule has 1 N–H and O–H groups in total. The van der Waals surface area contributed by atoms with E-state index in [1.807, 2.05) is 13.8 Å². The zero-order chi connectivity index (χ0) is 18.4. The highest BCUT2D eigenvalue weighted by molar-refractivity contribution is 7.92. The zero-order valence-electron chi connectivity index (χ0n) is 14.4. The first-order valence-corrected chi connectivity index (χ1v) is 9.35. The first kappa shape index (κ1) is 18.7. The molecule has 0 aromatic heterocycles. The van der Waals surface area contributed by atoms with Gasteiger partial charge in [0.1, 0.15) is 0 Å². The Hall–Kier alpha value is -2.60. The number of carbonyl (C=O) groups is 1. The van der Waals surface area contributed by atoms with Crippen LogP contribution in [0.4, 0.5) is 5.69 Å². The fourth-order valence-electron chi connectivity index (χ4n) is 2.11. The van der Waals surface area contributed by atoms with E-state index in [0.717, 1.165) is 16.7 Å². The van der Waals surface area contributed by atoms with Crippen molar-refractivity contribution >= 4 is 27.8 Å². The number of ether oxygens (including phenoxy) is 1. The lowest BCUT2D eigenvalue weighted by atomic mass is 10.1. The van der Waals surface area contributed by atoms with Crippen molar-refractivity contribution in [2.24, 2.45) is 0 Å². The normalized spacial score (nSPS) is 11.5. The Labute approximate surface area is 148 Å². The molecule has 132 valence electrons. The van der Waals surface area contributed by atoms with E-state index < -0.39 is 16.0 Å². The Balaban J connectivity index is 2.12. The largest absolute Gasteiger partial charge is 0.463 e. The van der Waals surface area contributed by atoms with Crippen molar-refractivity contribution in [1.82, 2.24) is 0 Å². The maximum Gasteiger partial charge on any atom is 0.330 e. The predicted molar refractivity (Wildman–Crippen MR) is 98.8 cm³/mol. The smallest absolute Gasteiger partial charge is 0.330 e. The number of nitrogens with one attached hydrogen (secondary N) is 1. The van der Waals surface area contributed by atoms with Crippen molar-refractivity contribution in [2.75, 3.05) is 11.3 Å². The Kier molecular flexibility index (Phi) is 5.98. The number of hydrogen-bond donors (Lipinski definition) is 1. The lowest BCUT2D eigenvalue weighted by Gasteiger charge is -2.10. The zero-order valence-corrected chi connectivity index (χ0v) is 15.3. The molecule has 6 heteroatoms. The van der Waals surface area contributed by atoms with E-state index in [4.69, 9.17) is 4.74 Å². The molecule has 0 saturated carbocycles. The summed E-state index contributed by atoms with van der Waals surface area (Å²) in [7, 11) is -3.64. The topological polar surface area (TPSA) is 72.5 Å². The van der Waals surface area contributed by atoms with Crippen LogP contribution in [0, 0.1) is 13.8 Å². The van der Waals surface area contributed by atoms with Gasteiger partial charge in [-0.2, -0.15) is 0 Å². The third-order valence-electron chi connectivity index (χ3n) is 3.65. The molecule has 0 radical (unpaired) electrons. The fourth-order valence-corrected chi connectivity index (χ4v) is 3.26. The number of esters is 1. The standard InChI is InChI=1S/C19H21NO4S/c1-4-24-19(21)12-8-16-6-9-17(10-7-16)20-25(22,23)18-11-5-14(2)15(3)13-18/h5-13,20H,4H2,1-3H3/b12-8+. The molecule has 2 aromatic carbocycles. The number of sulfonamides is 1. The molecular weight excluding hydrogens is 338 g/mol. The van der Waals surface area contributed by atoms with E-state index in [0.29, 0.717) is 12.3 Å². The first-order valence-electron chi connectivity index (χ1n) is 7.87. The highest BCUT2D eigenvalue weighted by Gasteiger charge is 2.14. The SMILES string of the molecule is CCOC(=O)/C=C/c1ccc(NS(=O)(=O)c2ccc(C)c(C)c2)cc1. The number of benzene rings is 2. The first-order chi connectivity index (χ1) is 11.8. The minimum Gasteiger partial charge on any atom is -0.463 e.